The quantitative estimate of drug-likeness (QED) is 0.216. The van der Waals surface area contributed by atoms with E-state index in [0.717, 1.165) is 27.2 Å². The Hall–Kier alpha value is -4.58. The average Bonchev–Trinajstić information content (AvgIpc) is 3.58. The summed E-state index contributed by atoms with van der Waals surface area (Å²) < 4.78 is 7.47. The molecule has 1 amide bonds. The largest absolute Gasteiger partial charge is 0.507 e. The van der Waals surface area contributed by atoms with E-state index in [0.29, 0.717) is 11.3 Å². The lowest BCUT2D eigenvalue weighted by atomic mass is 9.93. The summed E-state index contributed by atoms with van der Waals surface area (Å²) in [4.78, 5) is 28.3. The van der Waals surface area contributed by atoms with Crippen LogP contribution in [-0.2, 0) is 23.2 Å². The Morgan fingerprint density at radius 2 is 1.66 bits per heavy atom. The van der Waals surface area contributed by atoms with Gasteiger partial charge in [-0.15, -0.1) is 0 Å². The Balaban J connectivity index is 1.62. The Morgan fingerprint density at radius 3 is 2.46 bits per heavy atom. The van der Waals surface area contributed by atoms with Crippen LogP contribution in [0, 0.1) is 0 Å². The number of aliphatic hydroxyl groups is 1. The number of benzene rings is 3. The Kier molecular flexibility index (Phi) is 4.81. The number of amides is 1. The first kappa shape index (κ1) is 21.0. The van der Waals surface area contributed by atoms with Crippen LogP contribution < -0.4 is 0 Å². The zero-order valence-electron chi connectivity index (χ0n) is 19.0. The predicted molar refractivity (Wildman–Crippen MR) is 133 cm³/mol. The summed E-state index contributed by atoms with van der Waals surface area (Å²) in [5, 5.41) is 14.3. The van der Waals surface area contributed by atoms with Crippen molar-refractivity contribution in [3.05, 3.63) is 114 Å². The number of carbonyl (C=O) groups excluding carboxylic acids is 2. The maximum absolute atomic E-state index is 13.5. The zero-order valence-corrected chi connectivity index (χ0v) is 19.0. The molecule has 1 aliphatic rings. The van der Waals surface area contributed by atoms with Gasteiger partial charge in [-0.1, -0.05) is 60.7 Å². The van der Waals surface area contributed by atoms with E-state index in [2.05, 4.69) is 0 Å². The van der Waals surface area contributed by atoms with Crippen molar-refractivity contribution in [3.8, 4) is 0 Å². The van der Waals surface area contributed by atoms with Crippen LogP contribution in [-0.4, -0.2) is 26.3 Å². The summed E-state index contributed by atoms with van der Waals surface area (Å²) in [5.41, 5.74) is 2.34. The second-order valence-corrected chi connectivity index (χ2v) is 8.75. The van der Waals surface area contributed by atoms with E-state index in [9.17, 15) is 14.7 Å². The number of nitrogens with zero attached hydrogens (tertiary/aromatic N) is 2. The number of ketones is 1. The van der Waals surface area contributed by atoms with Crippen molar-refractivity contribution in [1.29, 1.82) is 0 Å². The van der Waals surface area contributed by atoms with E-state index in [1.807, 2.05) is 78.5 Å². The van der Waals surface area contributed by atoms with E-state index >= 15 is 0 Å². The van der Waals surface area contributed by atoms with Crippen LogP contribution in [0.25, 0.3) is 27.4 Å². The number of furan rings is 1. The fourth-order valence-electron chi connectivity index (χ4n) is 5.10. The van der Waals surface area contributed by atoms with Crippen LogP contribution in [0.2, 0.25) is 0 Å². The molecule has 5 aromatic rings. The van der Waals surface area contributed by atoms with Crippen LogP contribution >= 0.6 is 0 Å². The van der Waals surface area contributed by atoms with E-state index in [1.165, 1.54) is 11.2 Å². The standard InChI is InChI=1S/C29H22N2O4/c1-30-17-23(21-12-4-5-14-24(21)30)26-25(28(33)29(34)31(26)16-19-10-7-15-35-19)27(32)22-13-6-9-18-8-2-3-11-20(18)22/h2-15,17,26,32H,16H2,1H3/b27-25+. The molecule has 1 N–H and O–H groups in total. The first-order chi connectivity index (χ1) is 17.0. The van der Waals surface area contributed by atoms with Crippen molar-refractivity contribution in [2.24, 2.45) is 7.05 Å². The molecular formula is C29H22N2O4. The molecule has 1 atom stereocenters. The molecule has 3 aromatic carbocycles. The summed E-state index contributed by atoms with van der Waals surface area (Å²) in [6.45, 7) is 0.109. The van der Waals surface area contributed by atoms with Crippen molar-refractivity contribution in [2.75, 3.05) is 0 Å². The normalized spacial score (nSPS) is 17.6. The van der Waals surface area contributed by atoms with Gasteiger partial charge < -0.3 is 19.0 Å². The molecule has 172 valence electrons. The van der Waals surface area contributed by atoms with Gasteiger partial charge in [0.15, 0.2) is 0 Å². The highest BCUT2D eigenvalue weighted by molar-refractivity contribution is 6.46. The summed E-state index contributed by atoms with van der Waals surface area (Å²) in [6.07, 6.45) is 3.46. The number of hydrogen-bond acceptors (Lipinski definition) is 4. The zero-order chi connectivity index (χ0) is 24.1. The summed E-state index contributed by atoms with van der Waals surface area (Å²) in [5.74, 6) is -0.997. The van der Waals surface area contributed by atoms with Gasteiger partial charge in [0, 0.05) is 35.3 Å². The number of rotatable bonds is 4. The van der Waals surface area contributed by atoms with Gasteiger partial charge >= 0.3 is 0 Å². The molecule has 0 aliphatic carbocycles. The number of para-hydroxylation sites is 1. The summed E-state index contributed by atoms with van der Waals surface area (Å²) >= 11 is 0. The molecule has 6 heteroatoms. The van der Waals surface area contributed by atoms with Crippen LogP contribution in [0.15, 0.2) is 101 Å². The maximum Gasteiger partial charge on any atom is 0.296 e. The minimum Gasteiger partial charge on any atom is -0.507 e. The fourth-order valence-corrected chi connectivity index (χ4v) is 5.10. The van der Waals surface area contributed by atoms with Crippen molar-refractivity contribution in [2.45, 2.75) is 12.6 Å². The van der Waals surface area contributed by atoms with Crippen LogP contribution in [0.1, 0.15) is 22.9 Å². The number of Topliss-reactive ketones (excluding diaryl/α,β-unsaturated/α-hetero) is 1. The van der Waals surface area contributed by atoms with Crippen molar-refractivity contribution >= 4 is 39.1 Å². The third-order valence-electron chi connectivity index (χ3n) is 6.71. The molecule has 1 saturated heterocycles. The number of hydrogen-bond donors (Lipinski definition) is 1. The smallest absolute Gasteiger partial charge is 0.296 e. The highest BCUT2D eigenvalue weighted by atomic mass is 16.3. The minimum atomic E-state index is -0.773. The number of aliphatic hydroxyl groups excluding tert-OH is 1. The summed E-state index contributed by atoms with van der Waals surface area (Å²) in [6, 6.07) is 23.8. The van der Waals surface area contributed by atoms with Gasteiger partial charge in [0.1, 0.15) is 11.5 Å². The highest BCUT2D eigenvalue weighted by Crippen LogP contribution is 2.43. The molecule has 1 aliphatic heterocycles. The lowest BCUT2D eigenvalue weighted by Crippen LogP contribution is -2.29. The second-order valence-electron chi connectivity index (χ2n) is 8.75. The van der Waals surface area contributed by atoms with Gasteiger partial charge in [0.25, 0.3) is 11.7 Å². The molecule has 2 aromatic heterocycles. The molecule has 3 heterocycles. The number of fused-ring (bicyclic) bond motifs is 2. The van der Waals surface area contributed by atoms with E-state index < -0.39 is 17.7 Å². The Labute approximate surface area is 201 Å². The average molecular weight is 463 g/mol. The SMILES string of the molecule is Cn1cc(C2/C(=C(\O)c3cccc4ccccc34)C(=O)C(=O)N2Cc2ccco2)c2ccccc21. The van der Waals surface area contributed by atoms with Crippen LogP contribution in [0.3, 0.4) is 0 Å². The van der Waals surface area contributed by atoms with Crippen molar-refractivity contribution in [1.82, 2.24) is 9.47 Å². The van der Waals surface area contributed by atoms with Crippen LogP contribution in [0.5, 0.6) is 0 Å². The van der Waals surface area contributed by atoms with Crippen molar-refractivity contribution < 1.29 is 19.1 Å². The minimum absolute atomic E-state index is 0.0780. The van der Waals surface area contributed by atoms with Gasteiger partial charge in [0.05, 0.1) is 24.4 Å². The third kappa shape index (κ3) is 3.26. The fraction of sp³-hybridized carbons (Fsp3) is 0.103. The molecule has 0 saturated carbocycles. The molecule has 0 radical (unpaired) electrons. The van der Waals surface area contributed by atoms with Crippen LogP contribution in [0.4, 0.5) is 0 Å². The molecule has 1 fully saturated rings. The predicted octanol–water partition coefficient (Wildman–Crippen LogP) is 5.55. The number of aryl methyl sites for hydroxylation is 1. The highest BCUT2D eigenvalue weighted by Gasteiger charge is 2.47. The van der Waals surface area contributed by atoms with E-state index in [4.69, 9.17) is 4.42 Å². The number of likely N-dealkylation sites (tertiary alicyclic amines) is 1. The molecule has 0 bridgehead atoms. The van der Waals surface area contributed by atoms with Gasteiger partial charge in [-0.2, -0.15) is 0 Å². The maximum atomic E-state index is 13.5. The molecular weight excluding hydrogens is 440 g/mol. The molecule has 6 rings (SSSR count). The molecule has 6 nitrogen and oxygen atoms in total. The van der Waals surface area contributed by atoms with Gasteiger partial charge in [-0.05, 0) is 29.0 Å². The topological polar surface area (TPSA) is 75.7 Å². The first-order valence-electron chi connectivity index (χ1n) is 11.4. The molecule has 35 heavy (non-hydrogen) atoms. The second kappa shape index (κ2) is 8.02. The van der Waals surface area contributed by atoms with Gasteiger partial charge in [-0.3, -0.25) is 9.59 Å². The molecule has 0 spiro atoms. The number of aromatic nitrogens is 1. The van der Waals surface area contributed by atoms with Gasteiger partial charge in [-0.25, -0.2) is 0 Å². The lowest BCUT2D eigenvalue weighted by molar-refractivity contribution is -0.140. The third-order valence-corrected chi connectivity index (χ3v) is 6.71. The Morgan fingerprint density at radius 1 is 0.914 bits per heavy atom. The van der Waals surface area contributed by atoms with E-state index in [1.54, 1.807) is 18.2 Å². The lowest BCUT2D eigenvalue weighted by Gasteiger charge is -2.24. The monoisotopic (exact) mass is 462 g/mol. The first-order valence-corrected chi connectivity index (χ1v) is 11.4. The number of carbonyl (C=O) groups is 2. The van der Waals surface area contributed by atoms with Gasteiger partial charge in [0.2, 0.25) is 0 Å². The van der Waals surface area contributed by atoms with E-state index in [-0.39, 0.29) is 17.9 Å². The summed E-state index contributed by atoms with van der Waals surface area (Å²) in [7, 11) is 1.93. The van der Waals surface area contributed by atoms with Crippen molar-refractivity contribution in [3.63, 3.8) is 0 Å². The Bertz CT molecular complexity index is 1640. The molecule has 1 unspecified atom stereocenters.